The molecule has 0 bridgehead atoms. The lowest BCUT2D eigenvalue weighted by molar-refractivity contribution is 1.18. The molecule has 10 aromatic rings. The molecule has 5 heterocycles. The van der Waals surface area contributed by atoms with Crippen molar-refractivity contribution in [3.8, 4) is 44.8 Å². The van der Waals surface area contributed by atoms with E-state index < -0.39 is 9.52 Å². The van der Waals surface area contributed by atoms with Crippen molar-refractivity contribution in [2.75, 3.05) is 0 Å². The zero-order valence-electron chi connectivity index (χ0n) is 27.7. The van der Waals surface area contributed by atoms with Crippen LogP contribution in [-0.2, 0) is 0 Å². The van der Waals surface area contributed by atoms with Crippen LogP contribution in [0.3, 0.4) is 0 Å². The minimum atomic E-state index is -0.756. The molecule has 6 aromatic carbocycles. The lowest BCUT2D eigenvalue weighted by Crippen LogP contribution is -2.25. The minimum Gasteiger partial charge on any atom is -0.309 e. The second-order valence-electron chi connectivity index (χ2n) is 13.5. The van der Waals surface area contributed by atoms with Crippen LogP contribution in [0.25, 0.3) is 88.4 Å². The normalized spacial score (nSPS) is 12.2. The van der Waals surface area contributed by atoms with Gasteiger partial charge in [-0.1, -0.05) is 84.9 Å². The van der Waals surface area contributed by atoms with Crippen LogP contribution in [-0.4, -0.2) is 28.6 Å². The Morgan fingerprint density at radius 2 is 0.765 bits per heavy atom. The van der Waals surface area contributed by atoms with Gasteiger partial charge in [-0.25, -0.2) is 0 Å². The molecular weight excluding hydrogens is 637 g/mol. The second-order valence-corrected chi connectivity index (χ2v) is 15.1. The van der Waals surface area contributed by atoms with E-state index in [1.54, 1.807) is 0 Å². The average molecular weight is 667 g/mol. The van der Waals surface area contributed by atoms with Crippen LogP contribution in [0.2, 0.25) is 0 Å². The number of nitrogens with zero attached hydrogens (tertiary/aromatic N) is 4. The van der Waals surface area contributed by atoms with E-state index in [-0.39, 0.29) is 0 Å². The van der Waals surface area contributed by atoms with E-state index in [1.165, 1.54) is 87.9 Å². The molecule has 0 fully saturated rings. The van der Waals surface area contributed by atoms with Crippen molar-refractivity contribution in [3.63, 3.8) is 0 Å². The zero-order chi connectivity index (χ0) is 33.5. The first-order valence-electron chi connectivity index (χ1n) is 17.4. The molecule has 4 nitrogen and oxygen atoms in total. The van der Waals surface area contributed by atoms with E-state index >= 15 is 0 Å². The molecule has 0 spiro atoms. The molecule has 0 saturated carbocycles. The van der Waals surface area contributed by atoms with Gasteiger partial charge in [0.15, 0.2) is 0 Å². The third-order valence-electron chi connectivity index (χ3n) is 10.6. The molecule has 0 radical (unpaired) electrons. The number of aromatic nitrogens is 4. The summed E-state index contributed by atoms with van der Waals surface area (Å²) in [6.07, 6.45) is 4.12. The Morgan fingerprint density at radius 3 is 1.24 bits per heavy atom. The fraction of sp³-hybridized carbons (Fsp3) is 0. The standard InChI is InChI=1S/C46H30N4Si/c1-3-11-33(12-4-1)49-41-17-9-7-15-35(41)37-23-29(19-21-43(37)49)31-25-39-40-26-32(28-48-46(40)51-45(39)47-27-31)30-20-22-44-38(24-30)36-16-8-10-18-42(36)50(44)34-13-5-2-6-14-34/h1-28H,51H2. The summed E-state index contributed by atoms with van der Waals surface area (Å²) in [5.74, 6) is 0. The number of benzene rings is 6. The fourth-order valence-corrected chi connectivity index (χ4v) is 9.87. The van der Waals surface area contributed by atoms with Gasteiger partial charge in [-0.05, 0) is 83.9 Å². The number of hydrogen-bond acceptors (Lipinski definition) is 2. The van der Waals surface area contributed by atoms with Crippen molar-refractivity contribution < 1.29 is 0 Å². The first kappa shape index (κ1) is 28.3. The summed E-state index contributed by atoms with van der Waals surface area (Å²) >= 11 is 0. The van der Waals surface area contributed by atoms with Crippen molar-refractivity contribution >= 4 is 63.8 Å². The van der Waals surface area contributed by atoms with Crippen LogP contribution in [0.5, 0.6) is 0 Å². The van der Waals surface area contributed by atoms with Gasteiger partial charge in [0, 0.05) is 78.2 Å². The van der Waals surface area contributed by atoms with Gasteiger partial charge in [-0.15, -0.1) is 0 Å². The SMILES string of the molecule is c1ccc(-n2c3ccccc3c3cc(-c4cnc5c(c4)-c4cc(-c6ccc7c(c6)c6ccccc6n7-c6ccccc6)cnc4[SiH2]5)ccc32)cc1. The van der Waals surface area contributed by atoms with Gasteiger partial charge in [0.25, 0.3) is 0 Å². The third kappa shape index (κ3) is 4.32. The predicted octanol–water partition coefficient (Wildman–Crippen LogP) is 9.10. The van der Waals surface area contributed by atoms with E-state index in [4.69, 9.17) is 9.97 Å². The molecule has 0 unspecified atom stereocenters. The maximum Gasteiger partial charge on any atom is 0.136 e. The topological polar surface area (TPSA) is 35.6 Å². The molecule has 0 aliphatic carbocycles. The van der Waals surface area contributed by atoms with E-state index in [0.29, 0.717) is 0 Å². The van der Waals surface area contributed by atoms with Crippen molar-refractivity contribution in [3.05, 3.63) is 170 Å². The first-order chi connectivity index (χ1) is 25.3. The highest BCUT2D eigenvalue weighted by atomic mass is 28.2. The summed E-state index contributed by atoms with van der Waals surface area (Å²) in [5, 5.41) is 7.44. The molecule has 1 aliphatic rings. The highest BCUT2D eigenvalue weighted by Gasteiger charge is 2.24. The Bertz CT molecular complexity index is 2790. The van der Waals surface area contributed by atoms with Crippen LogP contribution in [0.1, 0.15) is 0 Å². The van der Waals surface area contributed by atoms with Gasteiger partial charge in [0.1, 0.15) is 9.52 Å². The van der Waals surface area contributed by atoms with Crippen LogP contribution in [0, 0.1) is 0 Å². The molecular formula is C46H30N4Si. The number of para-hydroxylation sites is 4. The summed E-state index contributed by atoms with van der Waals surface area (Å²) in [6.45, 7) is 0. The van der Waals surface area contributed by atoms with Crippen LogP contribution >= 0.6 is 0 Å². The maximum absolute atomic E-state index is 5.07. The lowest BCUT2D eigenvalue weighted by Gasteiger charge is -2.10. The second kappa shape index (κ2) is 11.0. The first-order valence-corrected chi connectivity index (χ1v) is 18.9. The molecule has 0 atom stereocenters. The van der Waals surface area contributed by atoms with E-state index in [0.717, 1.165) is 11.1 Å². The largest absolute Gasteiger partial charge is 0.309 e. The van der Waals surface area contributed by atoms with Crippen molar-refractivity contribution in [2.24, 2.45) is 0 Å². The fourth-order valence-electron chi connectivity index (χ4n) is 8.22. The van der Waals surface area contributed by atoms with Crippen molar-refractivity contribution in [1.29, 1.82) is 0 Å². The Kier molecular flexibility index (Phi) is 6.09. The Morgan fingerprint density at radius 1 is 0.353 bits per heavy atom. The Hall–Kier alpha value is -6.56. The number of fused-ring (bicyclic) bond motifs is 9. The summed E-state index contributed by atoms with van der Waals surface area (Å²) < 4.78 is 4.72. The molecule has 5 heteroatoms. The summed E-state index contributed by atoms with van der Waals surface area (Å²) in [7, 11) is -0.756. The number of rotatable bonds is 4. The quantitative estimate of drug-likeness (QED) is 0.176. The predicted molar refractivity (Wildman–Crippen MR) is 215 cm³/mol. The van der Waals surface area contributed by atoms with Gasteiger partial charge in [-0.2, -0.15) is 0 Å². The third-order valence-corrected chi connectivity index (χ3v) is 12.4. The Labute approximate surface area is 296 Å². The molecule has 0 amide bonds. The van der Waals surface area contributed by atoms with Gasteiger partial charge in [0.2, 0.25) is 0 Å². The lowest BCUT2D eigenvalue weighted by atomic mass is 9.98. The molecule has 51 heavy (non-hydrogen) atoms. The van der Waals surface area contributed by atoms with Gasteiger partial charge in [-0.3, -0.25) is 9.97 Å². The van der Waals surface area contributed by atoms with Gasteiger partial charge >= 0.3 is 0 Å². The van der Waals surface area contributed by atoms with E-state index in [9.17, 15) is 0 Å². The summed E-state index contributed by atoms with van der Waals surface area (Å²) in [6, 6.07) is 57.0. The molecule has 0 saturated heterocycles. The summed E-state index contributed by atoms with van der Waals surface area (Å²) in [4.78, 5) is 10.1. The van der Waals surface area contributed by atoms with E-state index in [1.807, 2.05) is 0 Å². The molecule has 0 N–H and O–H groups in total. The Balaban J connectivity index is 1.01. The molecule has 1 aliphatic heterocycles. The van der Waals surface area contributed by atoms with Crippen molar-refractivity contribution in [1.82, 2.24) is 19.1 Å². The van der Waals surface area contributed by atoms with Crippen LogP contribution in [0.15, 0.2) is 170 Å². The molecule has 4 aromatic heterocycles. The number of pyridine rings is 2. The van der Waals surface area contributed by atoms with Crippen LogP contribution < -0.4 is 10.6 Å². The zero-order valence-corrected chi connectivity index (χ0v) is 29.1. The molecule has 238 valence electrons. The maximum atomic E-state index is 5.07. The highest BCUT2D eigenvalue weighted by Crippen LogP contribution is 2.38. The van der Waals surface area contributed by atoms with Crippen LogP contribution in [0.4, 0.5) is 0 Å². The average Bonchev–Trinajstić information content (AvgIpc) is 3.85. The minimum absolute atomic E-state index is 0.756. The van der Waals surface area contributed by atoms with Gasteiger partial charge < -0.3 is 9.13 Å². The smallest absolute Gasteiger partial charge is 0.136 e. The van der Waals surface area contributed by atoms with Gasteiger partial charge in [0.05, 0.1) is 22.1 Å². The van der Waals surface area contributed by atoms with Crippen molar-refractivity contribution in [2.45, 2.75) is 0 Å². The number of hydrogen-bond donors (Lipinski definition) is 0. The monoisotopic (exact) mass is 666 g/mol. The van der Waals surface area contributed by atoms with E-state index in [2.05, 4.69) is 179 Å². The molecule has 11 rings (SSSR count). The summed E-state index contributed by atoms with van der Waals surface area (Å²) in [5.41, 5.74) is 14.3. The highest BCUT2D eigenvalue weighted by molar-refractivity contribution is 6.71.